The highest BCUT2D eigenvalue weighted by Crippen LogP contribution is 2.27. The molecule has 1 saturated heterocycles. The van der Waals surface area contributed by atoms with E-state index in [-0.39, 0.29) is 35.2 Å². The number of sulfonamides is 1. The number of esters is 1. The van der Waals surface area contributed by atoms with Crippen molar-refractivity contribution in [2.45, 2.75) is 63.3 Å². The molecule has 2 rings (SSSR count). The fourth-order valence-corrected chi connectivity index (χ4v) is 4.82. The molecule has 1 heterocycles. The van der Waals surface area contributed by atoms with Gasteiger partial charge < -0.3 is 10.1 Å². The van der Waals surface area contributed by atoms with Gasteiger partial charge in [0.1, 0.15) is 5.54 Å². The van der Waals surface area contributed by atoms with Gasteiger partial charge in [0.05, 0.1) is 12.0 Å². The molecule has 8 heteroatoms. The van der Waals surface area contributed by atoms with Gasteiger partial charge in [0, 0.05) is 19.0 Å². The summed E-state index contributed by atoms with van der Waals surface area (Å²) in [6.45, 7) is 9.92. The second-order valence-corrected chi connectivity index (χ2v) is 11.0. The molecule has 162 valence electrons. The summed E-state index contributed by atoms with van der Waals surface area (Å²) in [4.78, 5) is 24.5. The van der Waals surface area contributed by atoms with E-state index in [2.05, 4.69) is 26.1 Å². The smallest absolute Gasteiger partial charge is 0.330 e. The Morgan fingerprint density at radius 2 is 1.55 bits per heavy atom. The maximum absolute atomic E-state index is 12.9. The van der Waals surface area contributed by atoms with Crippen LogP contribution in [-0.2, 0) is 29.8 Å². The van der Waals surface area contributed by atoms with Crippen LogP contribution >= 0.6 is 0 Å². The van der Waals surface area contributed by atoms with E-state index in [1.54, 1.807) is 26.0 Å². The van der Waals surface area contributed by atoms with E-state index in [0.717, 1.165) is 5.56 Å². The molecule has 1 aromatic carbocycles. The molecule has 0 aliphatic carbocycles. The predicted octanol–water partition coefficient (Wildman–Crippen LogP) is 2.45. The Labute approximate surface area is 173 Å². The van der Waals surface area contributed by atoms with E-state index in [4.69, 9.17) is 4.74 Å². The zero-order valence-electron chi connectivity index (χ0n) is 18.1. The van der Waals surface area contributed by atoms with Crippen molar-refractivity contribution in [1.82, 2.24) is 9.62 Å². The molecule has 0 saturated carbocycles. The fraction of sp³-hybridized carbons (Fsp3) is 0.619. The average Bonchev–Trinajstić information content (AvgIpc) is 2.66. The second kappa shape index (κ2) is 8.44. The summed E-state index contributed by atoms with van der Waals surface area (Å²) in [6, 6.07) is 6.99. The van der Waals surface area contributed by atoms with Gasteiger partial charge in [-0.1, -0.05) is 32.9 Å². The van der Waals surface area contributed by atoms with E-state index in [1.165, 1.54) is 11.4 Å². The number of hydrogen-bond acceptors (Lipinski definition) is 5. The molecule has 0 bridgehead atoms. The van der Waals surface area contributed by atoms with Crippen LogP contribution in [0.15, 0.2) is 29.2 Å². The zero-order chi connectivity index (χ0) is 22.0. The van der Waals surface area contributed by atoms with Gasteiger partial charge in [-0.3, -0.25) is 4.79 Å². The van der Waals surface area contributed by atoms with Gasteiger partial charge in [-0.25, -0.2) is 13.2 Å². The second-order valence-electron chi connectivity index (χ2n) is 9.06. The minimum atomic E-state index is -3.60. The number of hydrogen-bond donors (Lipinski definition) is 1. The summed E-state index contributed by atoms with van der Waals surface area (Å²) in [5, 5.41) is 2.70. The minimum absolute atomic E-state index is 0.0496. The van der Waals surface area contributed by atoms with Crippen molar-refractivity contribution in [2.24, 2.45) is 5.92 Å². The average molecular weight is 425 g/mol. The normalized spacial score (nSPS) is 17.0. The molecule has 7 nitrogen and oxygen atoms in total. The van der Waals surface area contributed by atoms with Gasteiger partial charge >= 0.3 is 5.97 Å². The van der Waals surface area contributed by atoms with E-state index >= 15 is 0 Å². The summed E-state index contributed by atoms with van der Waals surface area (Å²) in [5.74, 6) is -1.12. The van der Waals surface area contributed by atoms with Gasteiger partial charge in [-0.15, -0.1) is 0 Å². The first-order chi connectivity index (χ1) is 13.3. The third kappa shape index (κ3) is 5.36. The van der Waals surface area contributed by atoms with Crippen LogP contribution in [0.1, 0.15) is 53.0 Å². The number of benzene rings is 1. The van der Waals surface area contributed by atoms with Crippen LogP contribution in [-0.4, -0.2) is 50.3 Å². The molecule has 1 aliphatic rings. The highest BCUT2D eigenvalue weighted by molar-refractivity contribution is 7.89. The molecule has 1 fully saturated rings. The number of carbonyl (C=O) groups is 2. The number of amides is 1. The van der Waals surface area contributed by atoms with Gasteiger partial charge in [-0.05, 0) is 49.8 Å². The highest BCUT2D eigenvalue weighted by Gasteiger charge is 2.36. The zero-order valence-corrected chi connectivity index (χ0v) is 18.9. The van der Waals surface area contributed by atoms with Crippen molar-refractivity contribution in [1.29, 1.82) is 0 Å². The Balaban J connectivity index is 2.02. The monoisotopic (exact) mass is 424 g/mol. The van der Waals surface area contributed by atoms with Crippen LogP contribution < -0.4 is 5.32 Å². The van der Waals surface area contributed by atoms with E-state index in [0.29, 0.717) is 12.8 Å². The molecular weight excluding hydrogens is 392 g/mol. The number of piperidine rings is 1. The van der Waals surface area contributed by atoms with E-state index in [9.17, 15) is 18.0 Å². The summed E-state index contributed by atoms with van der Waals surface area (Å²) in [6.07, 6.45) is 0.810. The third-order valence-electron chi connectivity index (χ3n) is 5.31. The molecule has 0 unspecified atom stereocenters. The summed E-state index contributed by atoms with van der Waals surface area (Å²) < 4.78 is 32.0. The number of ether oxygens (including phenoxy) is 1. The first-order valence-corrected chi connectivity index (χ1v) is 11.2. The van der Waals surface area contributed by atoms with Crippen LogP contribution in [0.3, 0.4) is 0 Å². The molecule has 1 N–H and O–H groups in total. The SMILES string of the molecule is COC(=O)C(C)(C)NC(=O)C1CCN(S(=O)(=O)c2ccc(C(C)(C)C)cc2)CC1. The third-order valence-corrected chi connectivity index (χ3v) is 7.23. The largest absolute Gasteiger partial charge is 0.467 e. The van der Waals surface area contributed by atoms with Gasteiger partial charge in [0.15, 0.2) is 0 Å². The van der Waals surface area contributed by atoms with Crippen LogP contribution in [0.2, 0.25) is 0 Å². The Kier molecular flexibility index (Phi) is 6.79. The summed E-state index contributed by atoms with van der Waals surface area (Å²) in [7, 11) is -2.33. The first kappa shape index (κ1) is 23.3. The number of carbonyl (C=O) groups excluding carboxylic acids is 2. The fourth-order valence-electron chi connectivity index (χ4n) is 3.35. The van der Waals surface area contributed by atoms with Crippen molar-refractivity contribution >= 4 is 21.9 Å². The Hall–Kier alpha value is -1.93. The Morgan fingerprint density at radius 3 is 2.00 bits per heavy atom. The number of methoxy groups -OCH3 is 1. The summed E-state index contributed by atoms with van der Waals surface area (Å²) in [5.41, 5.74) is -0.101. The number of rotatable bonds is 5. The molecule has 0 atom stereocenters. The van der Waals surface area contributed by atoms with Crippen molar-refractivity contribution in [2.75, 3.05) is 20.2 Å². The van der Waals surface area contributed by atoms with Crippen LogP contribution in [0, 0.1) is 5.92 Å². The minimum Gasteiger partial charge on any atom is -0.467 e. The lowest BCUT2D eigenvalue weighted by Crippen LogP contribution is -2.53. The van der Waals surface area contributed by atoms with E-state index < -0.39 is 21.5 Å². The maximum Gasteiger partial charge on any atom is 0.330 e. The molecule has 1 aromatic rings. The van der Waals surface area contributed by atoms with E-state index in [1.807, 2.05) is 12.1 Å². The lowest BCUT2D eigenvalue weighted by atomic mass is 9.87. The molecule has 1 aliphatic heterocycles. The standard InChI is InChI=1S/C21H32N2O5S/c1-20(2,3)16-7-9-17(10-8-16)29(26,27)23-13-11-15(12-14-23)18(24)22-21(4,5)19(25)28-6/h7-10,15H,11-14H2,1-6H3,(H,22,24). The lowest BCUT2D eigenvalue weighted by Gasteiger charge is -2.32. The molecular formula is C21H32N2O5S. The van der Waals surface area contributed by atoms with Crippen LogP contribution in [0.5, 0.6) is 0 Å². The van der Waals surface area contributed by atoms with Crippen molar-refractivity contribution in [3.8, 4) is 0 Å². The Bertz CT molecular complexity index is 846. The summed E-state index contributed by atoms with van der Waals surface area (Å²) >= 11 is 0. The molecule has 0 spiro atoms. The van der Waals surface area contributed by atoms with Gasteiger partial charge in [0.25, 0.3) is 0 Å². The number of nitrogens with one attached hydrogen (secondary N) is 1. The topological polar surface area (TPSA) is 92.8 Å². The van der Waals surface area contributed by atoms with Crippen LogP contribution in [0.25, 0.3) is 0 Å². The molecule has 29 heavy (non-hydrogen) atoms. The quantitative estimate of drug-likeness (QED) is 0.733. The molecule has 0 radical (unpaired) electrons. The number of nitrogens with zero attached hydrogens (tertiary/aromatic N) is 1. The van der Waals surface area contributed by atoms with Crippen LogP contribution in [0.4, 0.5) is 0 Å². The highest BCUT2D eigenvalue weighted by atomic mass is 32.2. The van der Waals surface area contributed by atoms with Crippen molar-refractivity contribution in [3.63, 3.8) is 0 Å². The lowest BCUT2D eigenvalue weighted by molar-refractivity contribution is -0.150. The van der Waals surface area contributed by atoms with Crippen molar-refractivity contribution < 1.29 is 22.7 Å². The Morgan fingerprint density at radius 1 is 1.03 bits per heavy atom. The van der Waals surface area contributed by atoms with Crippen molar-refractivity contribution in [3.05, 3.63) is 29.8 Å². The van der Waals surface area contributed by atoms with Gasteiger partial charge in [0.2, 0.25) is 15.9 Å². The molecule has 1 amide bonds. The maximum atomic E-state index is 12.9. The first-order valence-electron chi connectivity index (χ1n) is 9.80. The molecule has 0 aromatic heterocycles. The predicted molar refractivity (Wildman–Crippen MR) is 111 cm³/mol. The van der Waals surface area contributed by atoms with Gasteiger partial charge in [-0.2, -0.15) is 4.31 Å².